The molecule has 0 saturated carbocycles. The van der Waals surface area contributed by atoms with Crippen molar-refractivity contribution < 1.29 is 33.3 Å². The minimum Gasteiger partial charge on any atom is -0.444 e. The molecule has 0 spiro atoms. The van der Waals surface area contributed by atoms with Crippen LogP contribution in [0.3, 0.4) is 0 Å². The Labute approximate surface area is 241 Å². The summed E-state index contributed by atoms with van der Waals surface area (Å²) >= 11 is 0. The largest absolute Gasteiger partial charge is 0.444 e. The van der Waals surface area contributed by atoms with Crippen LogP contribution in [0, 0.1) is 0 Å². The topological polar surface area (TPSA) is 92.3 Å². The van der Waals surface area contributed by atoms with E-state index in [9.17, 15) is 9.59 Å². The van der Waals surface area contributed by atoms with Gasteiger partial charge in [0, 0.05) is 0 Å². The second-order valence-corrected chi connectivity index (χ2v) is 11.0. The Bertz CT molecular complexity index is 1200. The number of hydrogen-bond acceptors (Lipinski definition) is 7. The van der Waals surface area contributed by atoms with Gasteiger partial charge in [0.25, 0.3) is 0 Å². The van der Waals surface area contributed by atoms with Crippen LogP contribution in [0.1, 0.15) is 37.5 Å². The predicted octanol–water partition coefficient (Wildman–Crippen LogP) is 5.23. The van der Waals surface area contributed by atoms with E-state index in [1.807, 2.05) is 91.0 Å². The zero-order valence-electron chi connectivity index (χ0n) is 23.8. The molecule has 1 aliphatic heterocycles. The van der Waals surface area contributed by atoms with Crippen LogP contribution < -0.4 is 5.32 Å². The van der Waals surface area contributed by atoms with Gasteiger partial charge < -0.3 is 33.8 Å². The van der Waals surface area contributed by atoms with Gasteiger partial charge in [-0.2, -0.15) is 0 Å². The SMILES string of the molecule is CC(C)(C)OC(=O)N[C@@H](C=O)[C@H]1O[C@H](COCc2ccccc2)[C@@H](OCc2ccccc2)[C@@H]1OCc1ccccc1. The lowest BCUT2D eigenvalue weighted by Crippen LogP contribution is -2.51. The first-order valence-electron chi connectivity index (χ1n) is 13.9. The molecule has 3 aromatic carbocycles. The molecule has 0 radical (unpaired) electrons. The van der Waals surface area contributed by atoms with Crippen LogP contribution in [-0.2, 0) is 48.3 Å². The van der Waals surface area contributed by atoms with Crippen LogP contribution in [0.25, 0.3) is 0 Å². The van der Waals surface area contributed by atoms with Gasteiger partial charge >= 0.3 is 6.09 Å². The quantitative estimate of drug-likeness (QED) is 0.286. The molecule has 8 heteroatoms. The predicted molar refractivity (Wildman–Crippen MR) is 154 cm³/mol. The Hall–Kier alpha value is -3.56. The molecule has 1 N–H and O–H groups in total. The van der Waals surface area contributed by atoms with E-state index in [0.29, 0.717) is 19.5 Å². The van der Waals surface area contributed by atoms with Gasteiger partial charge in [0.1, 0.15) is 42.3 Å². The molecule has 1 amide bonds. The monoisotopic (exact) mass is 561 g/mol. The summed E-state index contributed by atoms with van der Waals surface area (Å²) < 4.78 is 30.7. The second-order valence-electron chi connectivity index (χ2n) is 11.0. The number of carbonyl (C=O) groups is 2. The maximum absolute atomic E-state index is 12.6. The van der Waals surface area contributed by atoms with Gasteiger partial charge in [-0.3, -0.25) is 0 Å². The molecule has 8 nitrogen and oxygen atoms in total. The highest BCUT2D eigenvalue weighted by Crippen LogP contribution is 2.31. The molecule has 1 saturated heterocycles. The van der Waals surface area contributed by atoms with Gasteiger partial charge in [-0.15, -0.1) is 0 Å². The number of benzene rings is 3. The zero-order chi connectivity index (χ0) is 29.1. The van der Waals surface area contributed by atoms with E-state index in [4.69, 9.17) is 23.7 Å². The average Bonchev–Trinajstić information content (AvgIpc) is 3.31. The number of rotatable bonds is 13. The first kappa shape index (κ1) is 30.4. The van der Waals surface area contributed by atoms with Gasteiger partial charge in [-0.25, -0.2) is 4.79 Å². The Morgan fingerprint density at radius 2 is 1.29 bits per heavy atom. The van der Waals surface area contributed by atoms with Gasteiger partial charge in [0.15, 0.2) is 0 Å². The lowest BCUT2D eigenvalue weighted by molar-refractivity contribution is -0.117. The Morgan fingerprint density at radius 1 is 0.805 bits per heavy atom. The summed E-state index contributed by atoms with van der Waals surface area (Å²) in [6, 6.07) is 28.3. The molecular formula is C33H39NO7. The van der Waals surface area contributed by atoms with E-state index < -0.39 is 42.2 Å². The summed E-state index contributed by atoms with van der Waals surface area (Å²) in [7, 11) is 0. The van der Waals surface area contributed by atoms with Crippen molar-refractivity contribution in [1.29, 1.82) is 0 Å². The molecule has 218 valence electrons. The van der Waals surface area contributed by atoms with Crippen LogP contribution >= 0.6 is 0 Å². The normalized spacial score (nSPS) is 21.2. The second kappa shape index (κ2) is 14.9. The number of alkyl carbamates (subject to hydrolysis) is 1. The van der Waals surface area contributed by atoms with Crippen molar-refractivity contribution in [2.45, 2.75) is 76.7 Å². The molecule has 0 aromatic heterocycles. The summed E-state index contributed by atoms with van der Waals surface area (Å²) in [5, 5.41) is 2.66. The summed E-state index contributed by atoms with van der Waals surface area (Å²) in [5.41, 5.74) is 2.24. The molecule has 3 aromatic rings. The van der Waals surface area contributed by atoms with Crippen molar-refractivity contribution in [1.82, 2.24) is 5.32 Å². The molecule has 1 heterocycles. The molecule has 41 heavy (non-hydrogen) atoms. The molecular weight excluding hydrogens is 522 g/mol. The van der Waals surface area contributed by atoms with E-state index >= 15 is 0 Å². The average molecular weight is 562 g/mol. The number of hydrogen-bond donors (Lipinski definition) is 1. The third-order valence-corrected chi connectivity index (χ3v) is 6.49. The van der Waals surface area contributed by atoms with Crippen molar-refractivity contribution in [2.75, 3.05) is 6.61 Å². The van der Waals surface area contributed by atoms with Crippen LogP contribution in [0.15, 0.2) is 91.0 Å². The molecule has 1 aliphatic rings. The lowest BCUT2D eigenvalue weighted by Gasteiger charge is -2.28. The highest BCUT2D eigenvalue weighted by atomic mass is 16.6. The maximum atomic E-state index is 12.6. The summed E-state index contributed by atoms with van der Waals surface area (Å²) in [6.45, 7) is 6.45. The first-order valence-corrected chi connectivity index (χ1v) is 13.9. The standard InChI is InChI=1S/C33H39NO7/c1-33(2,3)41-32(36)34-27(19-35)29-31(39-22-26-17-11-6-12-18-26)30(38-21-25-15-9-5-10-16-25)28(40-29)23-37-20-24-13-7-4-8-14-24/h4-19,27-31H,20-23H2,1-3H3,(H,34,36)/t27-,28+,29+,30+,31+/m0/s1. The minimum atomic E-state index is -1.03. The fraction of sp³-hybridized carbons (Fsp3) is 0.394. The van der Waals surface area contributed by atoms with Crippen molar-refractivity contribution in [3.8, 4) is 0 Å². The third-order valence-electron chi connectivity index (χ3n) is 6.49. The first-order chi connectivity index (χ1) is 19.8. The third kappa shape index (κ3) is 9.50. The van der Waals surface area contributed by atoms with E-state index in [1.54, 1.807) is 20.8 Å². The van der Waals surface area contributed by atoms with E-state index in [-0.39, 0.29) is 13.2 Å². The molecule has 1 fully saturated rings. The Morgan fingerprint density at radius 3 is 1.78 bits per heavy atom. The molecule has 5 atom stereocenters. The van der Waals surface area contributed by atoms with Gasteiger partial charge in [0.2, 0.25) is 0 Å². The number of nitrogens with one attached hydrogen (secondary N) is 1. The molecule has 0 bridgehead atoms. The summed E-state index contributed by atoms with van der Waals surface area (Å²) in [4.78, 5) is 25.0. The smallest absolute Gasteiger partial charge is 0.408 e. The lowest BCUT2D eigenvalue weighted by atomic mass is 10.0. The molecule has 4 rings (SSSR count). The van der Waals surface area contributed by atoms with Crippen LogP contribution in [0.2, 0.25) is 0 Å². The minimum absolute atomic E-state index is 0.202. The van der Waals surface area contributed by atoms with Crippen LogP contribution in [0.4, 0.5) is 4.79 Å². The summed E-state index contributed by atoms with van der Waals surface area (Å²) in [5.74, 6) is 0. The number of amides is 1. The van der Waals surface area contributed by atoms with Gasteiger partial charge in [-0.1, -0.05) is 91.0 Å². The fourth-order valence-corrected chi connectivity index (χ4v) is 4.61. The van der Waals surface area contributed by atoms with Crippen molar-refractivity contribution >= 4 is 12.4 Å². The highest BCUT2D eigenvalue weighted by molar-refractivity contribution is 5.74. The van der Waals surface area contributed by atoms with Crippen molar-refractivity contribution in [3.05, 3.63) is 108 Å². The highest BCUT2D eigenvalue weighted by Gasteiger charge is 2.50. The van der Waals surface area contributed by atoms with Gasteiger partial charge in [0.05, 0.1) is 26.4 Å². The summed E-state index contributed by atoms with van der Waals surface area (Å²) in [6.07, 6.45) is -2.73. The number of carbonyl (C=O) groups excluding carboxylic acids is 2. The van der Waals surface area contributed by atoms with E-state index in [2.05, 4.69) is 5.32 Å². The van der Waals surface area contributed by atoms with E-state index in [1.165, 1.54) is 0 Å². The van der Waals surface area contributed by atoms with E-state index in [0.717, 1.165) is 16.7 Å². The maximum Gasteiger partial charge on any atom is 0.408 e. The Kier molecular flexibility index (Phi) is 11.0. The Balaban J connectivity index is 1.56. The van der Waals surface area contributed by atoms with Crippen LogP contribution in [-0.4, -0.2) is 55.0 Å². The number of aldehydes is 1. The molecule has 0 unspecified atom stereocenters. The molecule has 0 aliphatic carbocycles. The van der Waals surface area contributed by atoms with Crippen LogP contribution in [0.5, 0.6) is 0 Å². The number of ether oxygens (including phenoxy) is 5. The zero-order valence-corrected chi connectivity index (χ0v) is 23.8. The van der Waals surface area contributed by atoms with Gasteiger partial charge in [-0.05, 0) is 37.5 Å². The van der Waals surface area contributed by atoms with Crippen molar-refractivity contribution in [2.24, 2.45) is 0 Å². The van der Waals surface area contributed by atoms with Crippen molar-refractivity contribution in [3.63, 3.8) is 0 Å². The fourth-order valence-electron chi connectivity index (χ4n) is 4.61.